The van der Waals surface area contributed by atoms with E-state index in [1.807, 2.05) is 0 Å². The first-order chi connectivity index (χ1) is 10.5. The predicted octanol–water partition coefficient (Wildman–Crippen LogP) is 2.55. The van der Waals surface area contributed by atoms with Gasteiger partial charge in [-0.15, -0.1) is 0 Å². The lowest BCUT2D eigenvalue weighted by molar-refractivity contribution is -0.138. The van der Waals surface area contributed by atoms with Gasteiger partial charge >= 0.3 is 5.97 Å². The highest BCUT2D eigenvalue weighted by molar-refractivity contribution is 6.30. The van der Waals surface area contributed by atoms with Crippen molar-refractivity contribution < 1.29 is 14.7 Å². The number of hydrogen-bond acceptors (Lipinski definition) is 3. The number of carbonyl (C=O) groups is 2. The Balaban J connectivity index is 2.00. The minimum absolute atomic E-state index is 0.237. The molecule has 2 aromatic rings. The molecular weight excluding hydrogens is 304 g/mol. The molecule has 0 aliphatic carbocycles. The lowest BCUT2D eigenvalue weighted by atomic mass is 10.1. The van der Waals surface area contributed by atoms with E-state index in [0.29, 0.717) is 16.3 Å². The normalized spacial score (nSPS) is 11.7. The Hall–Kier alpha value is -2.37. The molecule has 2 rings (SSSR count). The maximum atomic E-state index is 12.0. The molecule has 0 bridgehead atoms. The summed E-state index contributed by atoms with van der Waals surface area (Å²) in [4.78, 5) is 22.7. The highest BCUT2D eigenvalue weighted by Crippen LogP contribution is 2.14. The van der Waals surface area contributed by atoms with Crippen molar-refractivity contribution in [3.8, 4) is 0 Å². The Bertz CT molecular complexity index is 669. The molecule has 0 saturated carbocycles. The highest BCUT2D eigenvalue weighted by Gasteiger charge is 2.12. The molecule has 0 aliphatic rings. The summed E-state index contributed by atoms with van der Waals surface area (Å²) in [6.07, 6.45) is 0.237. The van der Waals surface area contributed by atoms with E-state index in [1.54, 1.807) is 48.5 Å². The van der Waals surface area contributed by atoms with Crippen LogP contribution in [0.15, 0.2) is 48.5 Å². The highest BCUT2D eigenvalue weighted by atomic mass is 35.5. The van der Waals surface area contributed by atoms with Crippen molar-refractivity contribution in [1.29, 1.82) is 0 Å². The third-order valence-electron chi connectivity index (χ3n) is 3.09. The molecule has 5 nitrogen and oxygen atoms in total. The van der Waals surface area contributed by atoms with E-state index >= 15 is 0 Å². The second-order valence-electron chi connectivity index (χ2n) is 4.81. The van der Waals surface area contributed by atoms with Crippen LogP contribution in [0.3, 0.4) is 0 Å². The van der Waals surface area contributed by atoms with E-state index in [2.05, 4.69) is 5.32 Å². The molecule has 1 atom stereocenters. The van der Waals surface area contributed by atoms with Crippen LogP contribution in [0.25, 0.3) is 0 Å². The maximum Gasteiger partial charge on any atom is 0.320 e. The minimum Gasteiger partial charge on any atom is -0.480 e. The van der Waals surface area contributed by atoms with Gasteiger partial charge in [-0.25, -0.2) is 0 Å². The molecule has 1 amide bonds. The van der Waals surface area contributed by atoms with Gasteiger partial charge in [-0.3, -0.25) is 9.59 Å². The van der Waals surface area contributed by atoms with Gasteiger partial charge in [0.25, 0.3) is 5.91 Å². The fourth-order valence-corrected chi connectivity index (χ4v) is 2.00. The van der Waals surface area contributed by atoms with Gasteiger partial charge in [-0.1, -0.05) is 23.7 Å². The number of nitrogens with one attached hydrogen (secondary N) is 1. The van der Waals surface area contributed by atoms with E-state index < -0.39 is 12.0 Å². The summed E-state index contributed by atoms with van der Waals surface area (Å²) < 4.78 is 0. The van der Waals surface area contributed by atoms with Crippen LogP contribution < -0.4 is 11.1 Å². The second kappa shape index (κ2) is 7.06. The summed E-state index contributed by atoms with van der Waals surface area (Å²) in [7, 11) is 0. The lowest BCUT2D eigenvalue weighted by Gasteiger charge is -2.09. The van der Waals surface area contributed by atoms with Crippen LogP contribution in [0, 0.1) is 0 Å². The van der Waals surface area contributed by atoms with Gasteiger partial charge in [0, 0.05) is 16.3 Å². The molecule has 0 aromatic heterocycles. The van der Waals surface area contributed by atoms with Gasteiger partial charge in [-0.2, -0.15) is 0 Å². The number of rotatable bonds is 5. The molecule has 0 saturated heterocycles. The number of carbonyl (C=O) groups excluding carboxylic acids is 1. The molecule has 0 aliphatic heterocycles. The SMILES string of the molecule is N[C@@H](Cc1ccc(NC(=O)c2ccc(Cl)cc2)cc1)C(=O)O. The summed E-state index contributed by atoms with van der Waals surface area (Å²) in [6.45, 7) is 0. The Labute approximate surface area is 132 Å². The Kier molecular flexibility index (Phi) is 5.14. The third kappa shape index (κ3) is 4.31. The number of benzene rings is 2. The summed E-state index contributed by atoms with van der Waals surface area (Å²) in [5, 5.41) is 12.1. The van der Waals surface area contributed by atoms with Crippen LogP contribution in [0.5, 0.6) is 0 Å². The smallest absolute Gasteiger partial charge is 0.320 e. The minimum atomic E-state index is -1.04. The fraction of sp³-hybridized carbons (Fsp3) is 0.125. The number of aliphatic carboxylic acids is 1. The molecule has 2 aromatic carbocycles. The first-order valence-electron chi connectivity index (χ1n) is 6.60. The van der Waals surface area contributed by atoms with Gasteiger partial charge < -0.3 is 16.2 Å². The summed E-state index contributed by atoms with van der Waals surface area (Å²) >= 11 is 5.77. The monoisotopic (exact) mass is 318 g/mol. The number of hydrogen-bond donors (Lipinski definition) is 3. The lowest BCUT2D eigenvalue weighted by Crippen LogP contribution is -2.32. The van der Waals surface area contributed by atoms with Crippen molar-refractivity contribution in [3.63, 3.8) is 0 Å². The third-order valence-corrected chi connectivity index (χ3v) is 3.34. The first-order valence-corrected chi connectivity index (χ1v) is 6.98. The van der Waals surface area contributed by atoms with Gasteiger partial charge in [0.05, 0.1) is 0 Å². The van der Waals surface area contributed by atoms with Gasteiger partial charge in [0.2, 0.25) is 0 Å². The van der Waals surface area contributed by atoms with Crippen LogP contribution in [0.1, 0.15) is 15.9 Å². The molecule has 114 valence electrons. The number of anilines is 1. The quantitative estimate of drug-likeness (QED) is 0.790. The summed E-state index contributed by atoms with van der Waals surface area (Å²) in [6, 6.07) is 12.5. The van der Waals surface area contributed by atoms with E-state index in [1.165, 1.54) is 0 Å². The molecule has 0 heterocycles. The standard InChI is InChI=1S/C16H15ClN2O3/c17-12-5-3-11(4-6-12)15(20)19-13-7-1-10(2-8-13)9-14(18)16(21)22/h1-8,14H,9,18H2,(H,19,20)(H,21,22)/t14-/m0/s1. The molecule has 0 spiro atoms. The zero-order valence-electron chi connectivity index (χ0n) is 11.6. The van der Waals surface area contributed by atoms with Crippen LogP contribution in [0.4, 0.5) is 5.69 Å². The number of nitrogens with two attached hydrogens (primary N) is 1. The molecule has 0 radical (unpaired) electrons. The Morgan fingerprint density at radius 2 is 1.68 bits per heavy atom. The first kappa shape index (κ1) is 16.0. The fourth-order valence-electron chi connectivity index (χ4n) is 1.87. The van der Waals surface area contributed by atoms with Crippen LogP contribution in [0.2, 0.25) is 5.02 Å². The Morgan fingerprint density at radius 1 is 1.09 bits per heavy atom. The molecule has 0 fully saturated rings. The van der Waals surface area contributed by atoms with Crippen molar-refractivity contribution in [3.05, 3.63) is 64.7 Å². The van der Waals surface area contributed by atoms with Crippen LogP contribution in [-0.4, -0.2) is 23.0 Å². The number of amides is 1. The second-order valence-corrected chi connectivity index (χ2v) is 5.24. The summed E-state index contributed by atoms with van der Waals surface area (Å²) in [5.41, 5.74) is 7.39. The van der Waals surface area contributed by atoms with Gasteiger partial charge in [-0.05, 0) is 48.4 Å². The molecule has 22 heavy (non-hydrogen) atoms. The van der Waals surface area contributed by atoms with Crippen molar-refractivity contribution in [1.82, 2.24) is 0 Å². The zero-order chi connectivity index (χ0) is 16.1. The van der Waals surface area contributed by atoms with Crippen molar-refractivity contribution in [2.24, 2.45) is 5.73 Å². The summed E-state index contributed by atoms with van der Waals surface area (Å²) in [5.74, 6) is -1.29. The number of halogens is 1. The van der Waals surface area contributed by atoms with Crippen LogP contribution >= 0.6 is 11.6 Å². The van der Waals surface area contributed by atoms with Crippen molar-refractivity contribution >= 4 is 29.2 Å². The van der Waals surface area contributed by atoms with E-state index in [4.69, 9.17) is 22.4 Å². The van der Waals surface area contributed by atoms with Crippen molar-refractivity contribution in [2.45, 2.75) is 12.5 Å². The predicted molar refractivity (Wildman–Crippen MR) is 85.2 cm³/mol. The number of carboxylic acid groups (broad SMARTS) is 1. The molecule has 6 heteroatoms. The number of carboxylic acids is 1. The Morgan fingerprint density at radius 3 is 2.23 bits per heavy atom. The van der Waals surface area contributed by atoms with Gasteiger partial charge in [0.15, 0.2) is 0 Å². The van der Waals surface area contributed by atoms with Crippen molar-refractivity contribution in [2.75, 3.05) is 5.32 Å². The molecule has 0 unspecified atom stereocenters. The van der Waals surface area contributed by atoms with E-state index in [9.17, 15) is 9.59 Å². The van der Waals surface area contributed by atoms with Crippen LogP contribution in [-0.2, 0) is 11.2 Å². The average Bonchev–Trinajstić information content (AvgIpc) is 2.49. The van der Waals surface area contributed by atoms with Gasteiger partial charge in [0.1, 0.15) is 6.04 Å². The molecule has 4 N–H and O–H groups in total. The largest absolute Gasteiger partial charge is 0.480 e. The maximum absolute atomic E-state index is 12.0. The topological polar surface area (TPSA) is 92.4 Å². The average molecular weight is 319 g/mol. The van der Waals surface area contributed by atoms with E-state index in [0.717, 1.165) is 5.56 Å². The van der Waals surface area contributed by atoms with E-state index in [-0.39, 0.29) is 12.3 Å². The molecular formula is C16H15ClN2O3. The zero-order valence-corrected chi connectivity index (χ0v) is 12.4.